The summed E-state index contributed by atoms with van der Waals surface area (Å²) in [5.74, 6) is 0.658. The van der Waals surface area contributed by atoms with E-state index in [0.717, 1.165) is 24.1 Å². The maximum atomic E-state index is 6.21. The van der Waals surface area contributed by atoms with E-state index in [2.05, 4.69) is 42.4 Å². The molecule has 0 aliphatic carbocycles. The molecule has 0 radical (unpaired) electrons. The Labute approximate surface area is 108 Å². The molecule has 2 heterocycles. The lowest BCUT2D eigenvalue weighted by Crippen LogP contribution is -1.99. The van der Waals surface area contributed by atoms with Crippen molar-refractivity contribution in [2.75, 3.05) is 0 Å². The Kier molecular flexibility index (Phi) is 3.43. The number of hydrogen-bond acceptors (Lipinski definition) is 1. The molecule has 0 atom stereocenters. The molecule has 2 aromatic heterocycles. The van der Waals surface area contributed by atoms with E-state index in [4.69, 9.17) is 11.6 Å². The van der Waals surface area contributed by atoms with Gasteiger partial charge in [-0.15, -0.1) is 0 Å². The third-order valence-electron chi connectivity index (χ3n) is 3.00. The molecule has 0 N–H and O–H groups in total. The summed E-state index contributed by atoms with van der Waals surface area (Å²) in [5, 5.41) is 0.606. The van der Waals surface area contributed by atoms with Crippen molar-refractivity contribution in [3.05, 3.63) is 34.4 Å². The predicted molar refractivity (Wildman–Crippen MR) is 72.9 cm³/mol. The largest absolute Gasteiger partial charge is 0.316 e. The van der Waals surface area contributed by atoms with Crippen molar-refractivity contribution in [1.29, 1.82) is 0 Å². The fourth-order valence-electron chi connectivity index (χ4n) is 2.37. The van der Waals surface area contributed by atoms with Gasteiger partial charge >= 0.3 is 0 Å². The van der Waals surface area contributed by atoms with Crippen molar-refractivity contribution in [2.45, 2.75) is 40.5 Å². The molecule has 92 valence electrons. The van der Waals surface area contributed by atoms with Gasteiger partial charge in [-0.05, 0) is 37.3 Å². The van der Waals surface area contributed by atoms with Crippen LogP contribution in [0.25, 0.3) is 5.52 Å². The van der Waals surface area contributed by atoms with Crippen LogP contribution < -0.4 is 0 Å². The van der Waals surface area contributed by atoms with Gasteiger partial charge in [-0.3, -0.25) is 0 Å². The Bertz CT molecular complexity index is 541. The summed E-state index contributed by atoms with van der Waals surface area (Å²) < 4.78 is 2.20. The normalized spacial score (nSPS) is 11.6. The van der Waals surface area contributed by atoms with Crippen LogP contribution in [0.1, 0.15) is 37.7 Å². The number of aromatic nitrogens is 2. The van der Waals surface area contributed by atoms with Gasteiger partial charge in [0.1, 0.15) is 0 Å². The van der Waals surface area contributed by atoms with Gasteiger partial charge in [-0.1, -0.05) is 32.4 Å². The average Bonchev–Trinajstić information content (AvgIpc) is 2.54. The van der Waals surface area contributed by atoms with Gasteiger partial charge in [-0.25, -0.2) is 4.98 Å². The first-order chi connectivity index (χ1) is 8.02. The molecule has 2 rings (SSSR count). The summed E-state index contributed by atoms with van der Waals surface area (Å²) in [5.41, 5.74) is 4.76. The van der Waals surface area contributed by atoms with Gasteiger partial charge in [0.05, 0.1) is 11.2 Å². The molecule has 0 saturated heterocycles. The first-order valence-corrected chi connectivity index (χ1v) is 6.56. The predicted octanol–water partition coefficient (Wildman–Crippen LogP) is 4.06. The molecule has 0 unspecified atom stereocenters. The second kappa shape index (κ2) is 4.69. The van der Waals surface area contributed by atoms with Crippen molar-refractivity contribution < 1.29 is 0 Å². The summed E-state index contributed by atoms with van der Waals surface area (Å²) in [7, 11) is 0. The second-order valence-corrected chi connectivity index (χ2v) is 5.35. The highest BCUT2D eigenvalue weighted by atomic mass is 35.5. The Morgan fingerprint density at radius 2 is 2.12 bits per heavy atom. The molecule has 0 fully saturated rings. The minimum atomic E-state index is 0.606. The lowest BCUT2D eigenvalue weighted by atomic mass is 10.0. The van der Waals surface area contributed by atoms with E-state index in [1.807, 2.05) is 6.92 Å². The molecular weight excluding hydrogens is 232 g/mol. The highest BCUT2D eigenvalue weighted by Gasteiger charge is 2.13. The smallest absolute Gasteiger partial charge is 0.153 e. The van der Waals surface area contributed by atoms with Crippen molar-refractivity contribution in [2.24, 2.45) is 5.92 Å². The summed E-state index contributed by atoms with van der Waals surface area (Å²) in [4.78, 5) is 4.31. The molecule has 0 saturated carbocycles. The lowest BCUT2D eigenvalue weighted by Gasteiger charge is -2.07. The fraction of sp³-hybridized carbons (Fsp3) is 0.500. The maximum absolute atomic E-state index is 6.21. The van der Waals surface area contributed by atoms with Crippen LogP contribution >= 0.6 is 11.6 Å². The maximum Gasteiger partial charge on any atom is 0.153 e. The van der Waals surface area contributed by atoms with Gasteiger partial charge in [-0.2, -0.15) is 0 Å². The van der Waals surface area contributed by atoms with Crippen LogP contribution in [-0.2, 0) is 12.8 Å². The Hall–Kier alpha value is -1.02. The van der Waals surface area contributed by atoms with E-state index in [9.17, 15) is 0 Å². The molecule has 0 aliphatic rings. The average molecular weight is 251 g/mol. The molecular formula is C14H19ClN2. The Balaban J connectivity index is 2.66. The van der Waals surface area contributed by atoms with Gasteiger partial charge < -0.3 is 4.40 Å². The van der Waals surface area contributed by atoms with Crippen LogP contribution in [0.2, 0.25) is 5.15 Å². The summed E-state index contributed by atoms with van der Waals surface area (Å²) in [6.07, 6.45) is 4.19. The zero-order valence-corrected chi connectivity index (χ0v) is 11.7. The van der Waals surface area contributed by atoms with Crippen LogP contribution in [0.4, 0.5) is 0 Å². The van der Waals surface area contributed by atoms with Crippen molar-refractivity contribution in [1.82, 2.24) is 9.38 Å². The molecule has 0 aromatic carbocycles. The second-order valence-electron chi connectivity index (χ2n) is 5.00. The third-order valence-corrected chi connectivity index (χ3v) is 3.27. The lowest BCUT2D eigenvalue weighted by molar-refractivity contribution is 0.642. The van der Waals surface area contributed by atoms with E-state index < -0.39 is 0 Å². The van der Waals surface area contributed by atoms with Gasteiger partial charge in [0, 0.05) is 11.9 Å². The summed E-state index contributed by atoms with van der Waals surface area (Å²) in [6.45, 7) is 8.65. The molecule has 2 aromatic rings. The van der Waals surface area contributed by atoms with E-state index >= 15 is 0 Å². The fourth-order valence-corrected chi connectivity index (χ4v) is 2.65. The summed E-state index contributed by atoms with van der Waals surface area (Å²) in [6, 6.07) is 2.19. The van der Waals surface area contributed by atoms with Crippen LogP contribution in [0.5, 0.6) is 0 Å². The van der Waals surface area contributed by atoms with Crippen molar-refractivity contribution >= 4 is 17.1 Å². The van der Waals surface area contributed by atoms with Crippen LogP contribution in [-0.4, -0.2) is 9.38 Å². The van der Waals surface area contributed by atoms with Gasteiger partial charge in [0.15, 0.2) is 5.15 Å². The van der Waals surface area contributed by atoms with E-state index in [-0.39, 0.29) is 0 Å². The number of halogens is 1. The SMILES string of the molecule is CCc1c(CC(C)C)cc2c(Cl)nc(C)cn12. The van der Waals surface area contributed by atoms with E-state index in [0.29, 0.717) is 11.1 Å². The van der Waals surface area contributed by atoms with Crippen LogP contribution in [0, 0.1) is 12.8 Å². The molecule has 3 heteroatoms. The van der Waals surface area contributed by atoms with Gasteiger partial charge in [0.25, 0.3) is 0 Å². The van der Waals surface area contributed by atoms with Gasteiger partial charge in [0.2, 0.25) is 0 Å². The monoisotopic (exact) mass is 250 g/mol. The Morgan fingerprint density at radius 3 is 2.71 bits per heavy atom. The highest BCUT2D eigenvalue weighted by molar-refractivity contribution is 6.32. The molecule has 0 amide bonds. The van der Waals surface area contributed by atoms with E-state index in [1.54, 1.807) is 0 Å². The molecule has 2 nitrogen and oxygen atoms in total. The first-order valence-electron chi connectivity index (χ1n) is 6.18. The molecule has 0 bridgehead atoms. The van der Waals surface area contributed by atoms with E-state index in [1.165, 1.54) is 11.3 Å². The minimum absolute atomic E-state index is 0.606. The molecule has 0 spiro atoms. The van der Waals surface area contributed by atoms with Crippen molar-refractivity contribution in [3.8, 4) is 0 Å². The number of rotatable bonds is 3. The number of aryl methyl sites for hydroxylation is 2. The summed E-state index contributed by atoms with van der Waals surface area (Å²) >= 11 is 6.21. The highest BCUT2D eigenvalue weighted by Crippen LogP contribution is 2.25. The third kappa shape index (κ3) is 2.32. The first kappa shape index (κ1) is 12.4. The molecule has 17 heavy (non-hydrogen) atoms. The Morgan fingerprint density at radius 1 is 1.41 bits per heavy atom. The minimum Gasteiger partial charge on any atom is -0.316 e. The standard InChI is InChI=1S/C14H19ClN2/c1-5-12-11(6-9(2)3)7-13-14(15)16-10(4)8-17(12)13/h7-9H,5-6H2,1-4H3. The molecule has 0 aliphatic heterocycles. The quantitative estimate of drug-likeness (QED) is 0.803. The number of fused-ring (bicyclic) bond motifs is 1. The zero-order chi connectivity index (χ0) is 12.6. The zero-order valence-electron chi connectivity index (χ0n) is 10.9. The van der Waals surface area contributed by atoms with Crippen LogP contribution in [0.3, 0.4) is 0 Å². The topological polar surface area (TPSA) is 17.3 Å². The van der Waals surface area contributed by atoms with Crippen LogP contribution in [0.15, 0.2) is 12.3 Å². The van der Waals surface area contributed by atoms with Crippen molar-refractivity contribution in [3.63, 3.8) is 0 Å². The number of hydrogen-bond donors (Lipinski definition) is 0. The number of nitrogens with zero attached hydrogens (tertiary/aromatic N) is 2.